The van der Waals surface area contributed by atoms with Crippen molar-refractivity contribution in [2.24, 2.45) is 11.3 Å². The minimum Gasteiger partial charge on any atom is -0.381 e. The molecule has 5 nitrogen and oxygen atoms in total. The van der Waals surface area contributed by atoms with Gasteiger partial charge in [-0.1, -0.05) is 0 Å². The molecule has 1 spiro atoms. The molecule has 3 aliphatic rings. The molecule has 0 aromatic carbocycles. The SMILES string of the molecule is O=C([C@H]1CCOC1)N1CC[C@]2(CCN(c3ccsc3)C2=O)C1. The first-order chi connectivity index (χ1) is 10.7. The predicted octanol–water partition coefficient (Wildman–Crippen LogP) is 1.74. The van der Waals surface area contributed by atoms with Crippen LogP contribution in [0.15, 0.2) is 16.8 Å². The molecular weight excluding hydrogens is 300 g/mol. The van der Waals surface area contributed by atoms with E-state index in [9.17, 15) is 9.59 Å². The van der Waals surface area contributed by atoms with E-state index in [1.165, 1.54) is 0 Å². The quantitative estimate of drug-likeness (QED) is 0.834. The number of likely N-dealkylation sites (tertiary alicyclic amines) is 1. The zero-order valence-corrected chi connectivity index (χ0v) is 13.3. The van der Waals surface area contributed by atoms with Crippen LogP contribution in [0.1, 0.15) is 19.3 Å². The van der Waals surface area contributed by atoms with Crippen molar-refractivity contribution in [3.05, 3.63) is 16.8 Å². The lowest BCUT2D eigenvalue weighted by Crippen LogP contribution is -2.40. The molecule has 0 unspecified atom stereocenters. The number of amides is 2. The van der Waals surface area contributed by atoms with Crippen LogP contribution in [-0.4, -0.2) is 49.6 Å². The number of carbonyl (C=O) groups is 2. The number of hydrogen-bond donors (Lipinski definition) is 0. The zero-order valence-electron chi connectivity index (χ0n) is 12.5. The van der Waals surface area contributed by atoms with E-state index < -0.39 is 0 Å². The molecule has 3 aliphatic heterocycles. The first-order valence-corrected chi connectivity index (χ1v) is 8.85. The number of carbonyl (C=O) groups excluding carboxylic acids is 2. The van der Waals surface area contributed by atoms with Gasteiger partial charge in [-0.15, -0.1) is 0 Å². The van der Waals surface area contributed by atoms with Crippen LogP contribution in [0.25, 0.3) is 0 Å². The average molecular weight is 320 g/mol. The first-order valence-electron chi connectivity index (χ1n) is 7.90. The van der Waals surface area contributed by atoms with Gasteiger partial charge in [-0.25, -0.2) is 0 Å². The van der Waals surface area contributed by atoms with Gasteiger partial charge in [0.1, 0.15) is 0 Å². The fraction of sp³-hybridized carbons (Fsp3) is 0.625. The highest BCUT2D eigenvalue weighted by molar-refractivity contribution is 7.08. The second-order valence-corrected chi connectivity index (χ2v) is 7.32. The van der Waals surface area contributed by atoms with Crippen LogP contribution >= 0.6 is 11.3 Å². The highest BCUT2D eigenvalue weighted by atomic mass is 32.1. The van der Waals surface area contributed by atoms with E-state index in [-0.39, 0.29) is 23.1 Å². The summed E-state index contributed by atoms with van der Waals surface area (Å²) in [6.07, 6.45) is 2.47. The Morgan fingerprint density at radius 1 is 1.36 bits per heavy atom. The molecule has 4 heterocycles. The number of thiophene rings is 1. The van der Waals surface area contributed by atoms with E-state index in [1.807, 2.05) is 26.6 Å². The number of rotatable bonds is 2. The fourth-order valence-electron chi connectivity index (χ4n) is 3.90. The van der Waals surface area contributed by atoms with E-state index >= 15 is 0 Å². The summed E-state index contributed by atoms with van der Waals surface area (Å²) in [7, 11) is 0. The molecule has 2 atom stereocenters. The Kier molecular flexibility index (Phi) is 3.46. The van der Waals surface area contributed by atoms with Crippen LogP contribution in [0.2, 0.25) is 0 Å². The minimum absolute atomic E-state index is 0.000341. The smallest absolute Gasteiger partial charge is 0.235 e. The molecule has 0 radical (unpaired) electrons. The summed E-state index contributed by atoms with van der Waals surface area (Å²) in [5.41, 5.74) is 0.651. The molecule has 0 saturated carbocycles. The van der Waals surface area contributed by atoms with Crippen LogP contribution < -0.4 is 4.90 Å². The predicted molar refractivity (Wildman–Crippen MR) is 83.8 cm³/mol. The van der Waals surface area contributed by atoms with E-state index in [0.29, 0.717) is 26.3 Å². The molecule has 0 N–H and O–H groups in total. The van der Waals surface area contributed by atoms with Crippen molar-refractivity contribution in [1.82, 2.24) is 4.90 Å². The highest BCUT2D eigenvalue weighted by Crippen LogP contribution is 2.43. The molecule has 118 valence electrons. The van der Waals surface area contributed by atoms with Gasteiger partial charge in [-0.3, -0.25) is 9.59 Å². The molecule has 4 rings (SSSR count). The number of ether oxygens (including phenoxy) is 1. The standard InChI is InChI=1S/C16H20N2O3S/c19-14(12-1-7-21-9-12)17-5-3-16(11-17)4-6-18(15(16)20)13-2-8-22-10-13/h2,8,10,12H,1,3-7,9,11H2/t12-,16-/m0/s1. The molecule has 3 fully saturated rings. The third-order valence-electron chi connectivity index (χ3n) is 5.28. The topological polar surface area (TPSA) is 49.9 Å². The summed E-state index contributed by atoms with van der Waals surface area (Å²) in [6, 6.07) is 2.00. The van der Waals surface area contributed by atoms with E-state index in [1.54, 1.807) is 11.3 Å². The Bertz CT molecular complexity index is 582. The first kappa shape index (κ1) is 14.2. The van der Waals surface area contributed by atoms with Crippen molar-refractivity contribution < 1.29 is 14.3 Å². The number of anilines is 1. The Morgan fingerprint density at radius 2 is 2.23 bits per heavy atom. The van der Waals surface area contributed by atoms with Crippen molar-refractivity contribution in [2.75, 3.05) is 37.7 Å². The number of nitrogens with zero attached hydrogens (tertiary/aromatic N) is 2. The molecule has 2 amide bonds. The van der Waals surface area contributed by atoms with Crippen LogP contribution in [0, 0.1) is 11.3 Å². The van der Waals surface area contributed by atoms with Gasteiger partial charge in [0.25, 0.3) is 0 Å². The minimum atomic E-state index is -0.350. The molecule has 0 aliphatic carbocycles. The maximum absolute atomic E-state index is 12.9. The third kappa shape index (κ3) is 2.16. The van der Waals surface area contributed by atoms with Gasteiger partial charge < -0.3 is 14.5 Å². The van der Waals surface area contributed by atoms with Gasteiger partial charge in [0.2, 0.25) is 11.8 Å². The summed E-state index contributed by atoms with van der Waals surface area (Å²) in [5, 5.41) is 4.02. The van der Waals surface area contributed by atoms with Gasteiger partial charge in [-0.05, 0) is 30.7 Å². The van der Waals surface area contributed by atoms with E-state index in [2.05, 4.69) is 0 Å². The van der Waals surface area contributed by atoms with Gasteiger partial charge in [0, 0.05) is 31.6 Å². The van der Waals surface area contributed by atoms with Crippen molar-refractivity contribution in [3.63, 3.8) is 0 Å². The highest BCUT2D eigenvalue weighted by Gasteiger charge is 2.52. The summed E-state index contributed by atoms with van der Waals surface area (Å²) >= 11 is 1.61. The summed E-state index contributed by atoms with van der Waals surface area (Å²) in [5.74, 6) is 0.375. The summed E-state index contributed by atoms with van der Waals surface area (Å²) < 4.78 is 5.32. The molecular formula is C16H20N2O3S. The largest absolute Gasteiger partial charge is 0.381 e. The van der Waals surface area contributed by atoms with Gasteiger partial charge in [0.05, 0.1) is 23.6 Å². The van der Waals surface area contributed by atoms with Gasteiger partial charge >= 0.3 is 0 Å². The van der Waals surface area contributed by atoms with Crippen molar-refractivity contribution >= 4 is 28.8 Å². The van der Waals surface area contributed by atoms with Crippen LogP contribution in [0.3, 0.4) is 0 Å². The van der Waals surface area contributed by atoms with Gasteiger partial charge in [0.15, 0.2) is 0 Å². The lowest BCUT2D eigenvalue weighted by atomic mass is 9.85. The molecule has 22 heavy (non-hydrogen) atoms. The second-order valence-electron chi connectivity index (χ2n) is 6.54. The molecule has 3 saturated heterocycles. The molecule has 6 heteroatoms. The normalized spacial score (nSPS) is 31.6. The Morgan fingerprint density at radius 3 is 2.95 bits per heavy atom. The van der Waals surface area contributed by atoms with E-state index in [4.69, 9.17) is 4.74 Å². The van der Waals surface area contributed by atoms with Crippen LogP contribution in [0.5, 0.6) is 0 Å². The van der Waals surface area contributed by atoms with E-state index in [0.717, 1.165) is 31.5 Å². The summed E-state index contributed by atoms with van der Waals surface area (Å²) in [6.45, 7) is 3.28. The molecule has 1 aromatic heterocycles. The van der Waals surface area contributed by atoms with Crippen molar-refractivity contribution in [3.8, 4) is 0 Å². The Balaban J connectivity index is 1.47. The number of hydrogen-bond acceptors (Lipinski definition) is 4. The monoisotopic (exact) mass is 320 g/mol. The van der Waals surface area contributed by atoms with Crippen molar-refractivity contribution in [2.45, 2.75) is 19.3 Å². The summed E-state index contributed by atoms with van der Waals surface area (Å²) in [4.78, 5) is 29.2. The average Bonchev–Trinajstić information content (AvgIpc) is 3.28. The van der Waals surface area contributed by atoms with Crippen molar-refractivity contribution in [1.29, 1.82) is 0 Å². The second kappa shape index (κ2) is 5.35. The van der Waals surface area contributed by atoms with Gasteiger partial charge in [-0.2, -0.15) is 11.3 Å². The fourth-order valence-corrected chi connectivity index (χ4v) is 4.55. The maximum atomic E-state index is 12.9. The lowest BCUT2D eigenvalue weighted by molar-refractivity contribution is -0.135. The van der Waals surface area contributed by atoms with Crippen LogP contribution in [0.4, 0.5) is 5.69 Å². The maximum Gasteiger partial charge on any atom is 0.235 e. The lowest BCUT2D eigenvalue weighted by Gasteiger charge is -2.24. The Hall–Kier alpha value is -1.40. The third-order valence-corrected chi connectivity index (χ3v) is 5.95. The molecule has 1 aromatic rings. The Labute approximate surface area is 133 Å². The van der Waals surface area contributed by atoms with Crippen LogP contribution in [-0.2, 0) is 14.3 Å². The zero-order chi connectivity index (χ0) is 15.2. The molecule has 0 bridgehead atoms.